The Balaban J connectivity index is 2.16. The highest BCUT2D eigenvalue weighted by Crippen LogP contribution is 2.29. The van der Waals surface area contributed by atoms with E-state index in [4.69, 9.17) is 10.4 Å². The molecule has 0 saturated carbocycles. The van der Waals surface area contributed by atoms with Gasteiger partial charge < -0.3 is 0 Å². The number of aromatic nitrogens is 4. The Labute approximate surface area is 138 Å². The number of H-pyrrole nitrogens is 1. The summed E-state index contributed by atoms with van der Waals surface area (Å²) in [5, 5.41) is 27.9. The Morgan fingerprint density at radius 1 is 1.21 bits per heavy atom. The molecule has 8 nitrogen and oxygen atoms in total. The predicted molar refractivity (Wildman–Crippen MR) is 84.9 cm³/mol. The van der Waals surface area contributed by atoms with E-state index in [1.807, 2.05) is 6.07 Å². The molecule has 3 rings (SSSR count). The molecule has 24 heavy (non-hydrogen) atoms. The fourth-order valence-corrected chi connectivity index (χ4v) is 3.23. The molecule has 0 fully saturated rings. The molecule has 120 valence electrons. The molecule has 0 spiro atoms. The second-order valence-corrected chi connectivity index (χ2v) is 6.59. The van der Waals surface area contributed by atoms with Gasteiger partial charge in [-0.3, -0.25) is 0 Å². The van der Waals surface area contributed by atoms with Crippen molar-refractivity contribution in [2.45, 2.75) is 11.3 Å². The van der Waals surface area contributed by atoms with Crippen molar-refractivity contribution < 1.29 is 8.42 Å². The lowest BCUT2D eigenvalue weighted by molar-refractivity contribution is 0.598. The van der Waals surface area contributed by atoms with Crippen LogP contribution in [0.2, 0.25) is 0 Å². The van der Waals surface area contributed by atoms with E-state index in [9.17, 15) is 8.42 Å². The van der Waals surface area contributed by atoms with Crippen molar-refractivity contribution in [3.63, 3.8) is 0 Å². The smallest absolute Gasteiger partial charge is 0.225 e. The van der Waals surface area contributed by atoms with Crippen LogP contribution >= 0.6 is 0 Å². The molecule has 0 saturated heterocycles. The summed E-state index contributed by atoms with van der Waals surface area (Å²) in [4.78, 5) is -0.0714. The van der Waals surface area contributed by atoms with Crippen molar-refractivity contribution in [2.24, 2.45) is 5.14 Å². The number of nitriles is 1. The minimum Gasteiger partial charge on any atom is -0.225 e. The summed E-state index contributed by atoms with van der Waals surface area (Å²) in [7, 11) is -3.96. The van der Waals surface area contributed by atoms with Gasteiger partial charge in [0, 0.05) is 5.56 Å². The van der Waals surface area contributed by atoms with Crippen molar-refractivity contribution in [3.8, 4) is 17.5 Å². The SMILES string of the molecule is N#Cc1cccc(Cc2cccc(S(N)(=O)=O)c2-c2nn[nH]n2)c1. The molecule has 3 aromatic rings. The van der Waals surface area contributed by atoms with E-state index in [1.165, 1.54) is 6.07 Å². The number of benzene rings is 2. The van der Waals surface area contributed by atoms with Crippen molar-refractivity contribution >= 4 is 10.0 Å². The van der Waals surface area contributed by atoms with E-state index >= 15 is 0 Å². The molecule has 0 bridgehead atoms. The average Bonchev–Trinajstić information content (AvgIpc) is 3.08. The molecule has 1 heterocycles. The summed E-state index contributed by atoms with van der Waals surface area (Å²) in [6, 6.07) is 13.9. The number of nitrogens with one attached hydrogen (secondary N) is 1. The van der Waals surface area contributed by atoms with Crippen molar-refractivity contribution in [2.75, 3.05) is 0 Å². The number of hydrogen-bond acceptors (Lipinski definition) is 6. The van der Waals surface area contributed by atoms with Crippen molar-refractivity contribution in [1.29, 1.82) is 5.26 Å². The highest BCUT2D eigenvalue weighted by atomic mass is 32.2. The number of primary sulfonamides is 1. The zero-order chi connectivity index (χ0) is 17.2. The minimum absolute atomic E-state index is 0.0714. The summed E-state index contributed by atoms with van der Waals surface area (Å²) in [6.45, 7) is 0. The number of nitrogens with two attached hydrogens (primary N) is 1. The first-order valence-corrected chi connectivity index (χ1v) is 8.41. The molecule has 0 aliphatic carbocycles. The van der Waals surface area contributed by atoms with Gasteiger partial charge in [-0.05, 0) is 41.0 Å². The summed E-state index contributed by atoms with van der Waals surface area (Å²) in [5.74, 6) is 0.145. The van der Waals surface area contributed by atoms with Gasteiger partial charge in [-0.15, -0.1) is 10.2 Å². The van der Waals surface area contributed by atoms with Crippen LogP contribution in [0.5, 0.6) is 0 Å². The number of sulfonamides is 1. The third-order valence-corrected chi connectivity index (χ3v) is 4.39. The molecule has 0 unspecified atom stereocenters. The molecular formula is C15H12N6O2S. The van der Waals surface area contributed by atoms with Crippen molar-refractivity contribution in [3.05, 3.63) is 59.2 Å². The Bertz CT molecular complexity index is 1020. The van der Waals surface area contributed by atoms with Crippen LogP contribution in [-0.2, 0) is 16.4 Å². The van der Waals surface area contributed by atoms with Gasteiger partial charge >= 0.3 is 0 Å². The Hall–Kier alpha value is -3.09. The molecule has 0 radical (unpaired) electrons. The summed E-state index contributed by atoms with van der Waals surface area (Å²) < 4.78 is 23.8. The molecule has 0 atom stereocenters. The lowest BCUT2D eigenvalue weighted by atomic mass is 9.98. The number of nitrogens with zero attached hydrogens (tertiary/aromatic N) is 4. The van der Waals surface area contributed by atoms with E-state index in [0.717, 1.165) is 5.56 Å². The van der Waals surface area contributed by atoms with Gasteiger partial charge in [0.15, 0.2) is 0 Å². The zero-order valence-electron chi connectivity index (χ0n) is 12.3. The largest absolute Gasteiger partial charge is 0.238 e. The van der Waals surface area contributed by atoms with E-state index in [0.29, 0.717) is 23.1 Å². The zero-order valence-corrected chi connectivity index (χ0v) is 13.2. The highest BCUT2D eigenvalue weighted by molar-refractivity contribution is 7.89. The van der Waals surface area contributed by atoms with Gasteiger partial charge in [-0.1, -0.05) is 24.3 Å². The first-order valence-electron chi connectivity index (χ1n) is 6.86. The lowest BCUT2D eigenvalue weighted by Crippen LogP contribution is -2.14. The normalized spacial score (nSPS) is 11.2. The number of aromatic amines is 1. The maximum Gasteiger partial charge on any atom is 0.238 e. The van der Waals surface area contributed by atoms with Crippen LogP contribution in [0.15, 0.2) is 47.4 Å². The highest BCUT2D eigenvalue weighted by Gasteiger charge is 2.21. The van der Waals surface area contributed by atoms with E-state index < -0.39 is 10.0 Å². The average molecular weight is 340 g/mol. The quantitative estimate of drug-likeness (QED) is 0.726. The van der Waals surface area contributed by atoms with Gasteiger partial charge in [-0.2, -0.15) is 10.5 Å². The molecule has 0 amide bonds. The van der Waals surface area contributed by atoms with Crippen LogP contribution in [0.25, 0.3) is 11.4 Å². The van der Waals surface area contributed by atoms with Crippen LogP contribution in [-0.4, -0.2) is 29.0 Å². The number of hydrogen-bond donors (Lipinski definition) is 2. The van der Waals surface area contributed by atoms with Crippen LogP contribution in [0.3, 0.4) is 0 Å². The fourth-order valence-electron chi connectivity index (χ4n) is 2.45. The monoisotopic (exact) mass is 340 g/mol. The topological polar surface area (TPSA) is 138 Å². The van der Waals surface area contributed by atoms with Crippen LogP contribution in [0.4, 0.5) is 0 Å². The van der Waals surface area contributed by atoms with Crippen LogP contribution in [0.1, 0.15) is 16.7 Å². The molecule has 1 aromatic heterocycles. The van der Waals surface area contributed by atoms with Gasteiger partial charge in [0.05, 0.1) is 16.5 Å². The maximum absolute atomic E-state index is 11.9. The third kappa shape index (κ3) is 3.15. The van der Waals surface area contributed by atoms with E-state index in [1.54, 1.807) is 30.3 Å². The molecule has 0 aliphatic rings. The lowest BCUT2D eigenvalue weighted by Gasteiger charge is -2.11. The van der Waals surface area contributed by atoms with E-state index in [2.05, 4.69) is 26.7 Å². The first kappa shape index (κ1) is 15.8. The minimum atomic E-state index is -3.96. The Kier molecular flexibility index (Phi) is 4.07. The summed E-state index contributed by atoms with van der Waals surface area (Å²) >= 11 is 0. The number of tetrazole rings is 1. The van der Waals surface area contributed by atoms with E-state index in [-0.39, 0.29) is 10.7 Å². The van der Waals surface area contributed by atoms with Gasteiger partial charge in [0.2, 0.25) is 15.8 Å². The second kappa shape index (κ2) is 6.19. The number of rotatable bonds is 4. The van der Waals surface area contributed by atoms with Crippen LogP contribution < -0.4 is 5.14 Å². The Morgan fingerprint density at radius 3 is 2.67 bits per heavy atom. The molecular weight excluding hydrogens is 328 g/mol. The van der Waals surface area contributed by atoms with Gasteiger partial charge in [0.25, 0.3) is 0 Å². The van der Waals surface area contributed by atoms with Crippen molar-refractivity contribution in [1.82, 2.24) is 20.6 Å². The maximum atomic E-state index is 11.9. The molecule has 9 heteroatoms. The Morgan fingerprint density at radius 2 is 2.00 bits per heavy atom. The molecule has 3 N–H and O–H groups in total. The van der Waals surface area contributed by atoms with Gasteiger partial charge in [-0.25, -0.2) is 13.6 Å². The van der Waals surface area contributed by atoms with Gasteiger partial charge in [0.1, 0.15) is 0 Å². The third-order valence-electron chi connectivity index (χ3n) is 3.44. The van der Waals surface area contributed by atoms with Crippen LogP contribution in [0, 0.1) is 11.3 Å². The summed E-state index contributed by atoms with van der Waals surface area (Å²) in [6.07, 6.45) is 0.392. The summed E-state index contributed by atoms with van der Waals surface area (Å²) in [5.41, 5.74) is 2.34. The fraction of sp³-hybridized carbons (Fsp3) is 0.0667. The standard InChI is InChI=1S/C15H12N6O2S/c16-9-11-4-1-3-10(7-11)8-12-5-2-6-13(24(17,22)23)14(12)15-18-20-21-19-15/h1-7H,8H2,(H2,17,22,23)(H,18,19,20,21). The molecule has 2 aromatic carbocycles. The molecule has 0 aliphatic heterocycles. The predicted octanol–water partition coefficient (Wildman–Crippen LogP) is 0.977. The second-order valence-electron chi connectivity index (χ2n) is 5.06. The first-order chi connectivity index (χ1) is 11.5.